The molecule has 0 spiro atoms. The molecule has 1 N–H and O–H groups in total. The number of hydrogen-bond acceptors (Lipinski definition) is 3. The van der Waals surface area contributed by atoms with Gasteiger partial charge < -0.3 is 5.11 Å². The van der Waals surface area contributed by atoms with Gasteiger partial charge in [0.15, 0.2) is 0 Å². The molecule has 110 valence electrons. The van der Waals surface area contributed by atoms with Crippen molar-refractivity contribution in [3.63, 3.8) is 0 Å². The minimum atomic E-state index is -1.34. The predicted octanol–water partition coefficient (Wildman–Crippen LogP) is 3.47. The van der Waals surface area contributed by atoms with Gasteiger partial charge in [-0.15, -0.1) is 0 Å². The van der Waals surface area contributed by atoms with Crippen LogP contribution in [-0.2, 0) is 0 Å². The van der Waals surface area contributed by atoms with Gasteiger partial charge in [-0.1, -0.05) is 25.4 Å². The highest BCUT2D eigenvalue weighted by molar-refractivity contribution is 9.10. The van der Waals surface area contributed by atoms with Crippen molar-refractivity contribution in [1.82, 2.24) is 9.78 Å². The van der Waals surface area contributed by atoms with E-state index >= 15 is 0 Å². The van der Waals surface area contributed by atoms with E-state index in [-0.39, 0.29) is 5.92 Å². The van der Waals surface area contributed by atoms with Crippen molar-refractivity contribution in [3.8, 4) is 5.69 Å². The third-order valence-corrected chi connectivity index (χ3v) is 4.15. The molecule has 0 radical (unpaired) electrons. The number of carboxylic acids is 1. The van der Waals surface area contributed by atoms with Crippen molar-refractivity contribution in [3.05, 3.63) is 55.4 Å². The molecule has 0 aliphatic rings. The maximum atomic E-state index is 12.1. The van der Waals surface area contributed by atoms with Gasteiger partial charge >= 0.3 is 5.97 Å². The number of aromatic nitrogens is 2. The van der Waals surface area contributed by atoms with Crippen LogP contribution in [0.4, 0.5) is 0 Å². The number of carbonyl (C=O) groups is 1. The summed E-state index contributed by atoms with van der Waals surface area (Å²) in [6.45, 7) is 3.65. The minimum absolute atomic E-state index is 0.111. The molecule has 0 saturated heterocycles. The molecule has 1 aromatic heterocycles. The molecular weight excluding hydrogens is 360 g/mol. The molecule has 0 saturated carbocycles. The van der Waals surface area contributed by atoms with E-state index in [0.717, 1.165) is 0 Å². The summed E-state index contributed by atoms with van der Waals surface area (Å²) in [5, 5.41) is 13.6. The van der Waals surface area contributed by atoms with Crippen molar-refractivity contribution in [2.75, 3.05) is 0 Å². The summed E-state index contributed by atoms with van der Waals surface area (Å²) in [4.78, 5) is 23.3. The Kier molecular flexibility index (Phi) is 4.49. The highest BCUT2D eigenvalue weighted by Gasteiger charge is 2.18. The number of rotatable bonds is 3. The zero-order chi connectivity index (χ0) is 15.7. The van der Waals surface area contributed by atoms with Crippen molar-refractivity contribution >= 4 is 33.5 Å². The summed E-state index contributed by atoms with van der Waals surface area (Å²) in [7, 11) is 0. The molecule has 1 heterocycles. The average Bonchev–Trinajstić information content (AvgIpc) is 2.41. The highest BCUT2D eigenvalue weighted by atomic mass is 79.9. The Morgan fingerprint density at radius 1 is 1.43 bits per heavy atom. The lowest BCUT2D eigenvalue weighted by Crippen LogP contribution is -2.25. The fraction of sp³-hybridized carbons (Fsp3) is 0.214. The van der Waals surface area contributed by atoms with E-state index in [9.17, 15) is 9.59 Å². The summed E-state index contributed by atoms with van der Waals surface area (Å²) in [5.74, 6) is -1.45. The lowest BCUT2D eigenvalue weighted by Gasteiger charge is -2.12. The van der Waals surface area contributed by atoms with Crippen LogP contribution in [0.3, 0.4) is 0 Å². The Bertz CT molecular complexity index is 771. The van der Waals surface area contributed by atoms with Gasteiger partial charge in [-0.2, -0.15) is 5.10 Å². The third kappa shape index (κ3) is 3.16. The number of nitrogens with zero attached hydrogens (tertiary/aromatic N) is 2. The van der Waals surface area contributed by atoms with Gasteiger partial charge in [-0.05, 0) is 40.0 Å². The van der Waals surface area contributed by atoms with Gasteiger partial charge in [0, 0.05) is 16.2 Å². The second-order valence-corrected chi connectivity index (χ2v) is 6.03. The fourth-order valence-electron chi connectivity index (χ4n) is 1.82. The molecule has 0 unspecified atom stereocenters. The largest absolute Gasteiger partial charge is 0.476 e. The van der Waals surface area contributed by atoms with E-state index < -0.39 is 17.1 Å². The summed E-state index contributed by atoms with van der Waals surface area (Å²) in [6.07, 6.45) is 1.55. The van der Waals surface area contributed by atoms with E-state index in [0.29, 0.717) is 20.7 Å². The highest BCUT2D eigenvalue weighted by Crippen LogP contribution is 2.25. The smallest absolute Gasteiger partial charge is 0.360 e. The van der Waals surface area contributed by atoms with Gasteiger partial charge in [-0.3, -0.25) is 4.79 Å². The van der Waals surface area contributed by atoms with Gasteiger partial charge in [0.25, 0.3) is 0 Å². The first-order valence-corrected chi connectivity index (χ1v) is 7.31. The number of aromatic carboxylic acids is 1. The topological polar surface area (TPSA) is 72.2 Å². The second-order valence-electron chi connectivity index (χ2n) is 4.77. The second kappa shape index (κ2) is 5.99. The molecule has 7 heteroatoms. The van der Waals surface area contributed by atoms with Crippen molar-refractivity contribution in [2.24, 2.45) is 0 Å². The summed E-state index contributed by atoms with van der Waals surface area (Å²) < 4.78 is 2.03. The lowest BCUT2D eigenvalue weighted by molar-refractivity contribution is 0.0686. The zero-order valence-corrected chi connectivity index (χ0v) is 13.6. The maximum absolute atomic E-state index is 12.1. The number of hydrogen-bond donors (Lipinski definition) is 1. The fourth-order valence-corrected chi connectivity index (χ4v) is 2.30. The van der Waals surface area contributed by atoms with Crippen LogP contribution in [0, 0.1) is 0 Å². The molecular formula is C14H12BrClN2O3. The minimum Gasteiger partial charge on any atom is -0.476 e. The van der Waals surface area contributed by atoms with E-state index in [1.807, 2.05) is 13.8 Å². The molecule has 0 aliphatic heterocycles. The Morgan fingerprint density at radius 2 is 2.10 bits per heavy atom. The van der Waals surface area contributed by atoms with Crippen LogP contribution in [0.15, 0.2) is 33.7 Å². The van der Waals surface area contributed by atoms with Crippen LogP contribution in [0.25, 0.3) is 5.69 Å². The normalized spacial score (nSPS) is 10.9. The Balaban J connectivity index is 2.71. The molecule has 21 heavy (non-hydrogen) atoms. The molecule has 5 nitrogen and oxygen atoms in total. The van der Waals surface area contributed by atoms with E-state index in [1.54, 1.807) is 24.4 Å². The van der Waals surface area contributed by atoms with Crippen LogP contribution in [0.1, 0.15) is 35.8 Å². The molecule has 1 aromatic carbocycles. The SMILES string of the molecule is CC(C)c1cn(-c2ccc(Cl)c(Br)c2)nc(C(=O)O)c1=O. The van der Waals surface area contributed by atoms with Gasteiger partial charge in [-0.25, -0.2) is 9.48 Å². The average molecular weight is 372 g/mol. The summed E-state index contributed by atoms with van der Waals surface area (Å²) in [5.41, 5.74) is -0.0433. The van der Waals surface area contributed by atoms with E-state index in [4.69, 9.17) is 16.7 Å². The summed E-state index contributed by atoms with van der Waals surface area (Å²) in [6, 6.07) is 5.06. The summed E-state index contributed by atoms with van der Waals surface area (Å²) >= 11 is 9.24. The van der Waals surface area contributed by atoms with Crippen LogP contribution in [0.5, 0.6) is 0 Å². The first-order valence-electron chi connectivity index (χ1n) is 6.14. The monoisotopic (exact) mass is 370 g/mol. The van der Waals surface area contributed by atoms with E-state index in [2.05, 4.69) is 21.0 Å². The molecule has 0 atom stereocenters. The van der Waals surface area contributed by atoms with E-state index in [1.165, 1.54) is 4.68 Å². The lowest BCUT2D eigenvalue weighted by atomic mass is 10.0. The molecule has 0 bridgehead atoms. The van der Waals surface area contributed by atoms with Crippen LogP contribution < -0.4 is 5.43 Å². The number of benzene rings is 1. The predicted molar refractivity (Wildman–Crippen MR) is 83.6 cm³/mol. The Hall–Kier alpha value is -1.66. The van der Waals surface area contributed by atoms with Gasteiger partial charge in [0.05, 0.1) is 10.7 Å². The van der Waals surface area contributed by atoms with Crippen molar-refractivity contribution in [1.29, 1.82) is 0 Å². The van der Waals surface area contributed by atoms with Crippen LogP contribution in [-0.4, -0.2) is 20.9 Å². The first kappa shape index (κ1) is 15.7. The maximum Gasteiger partial charge on any atom is 0.360 e. The first-order chi connectivity index (χ1) is 9.81. The van der Waals surface area contributed by atoms with Crippen molar-refractivity contribution in [2.45, 2.75) is 19.8 Å². The molecule has 2 aromatic rings. The van der Waals surface area contributed by atoms with Crippen molar-refractivity contribution < 1.29 is 9.90 Å². The molecule has 0 amide bonds. The Labute approximate surface area is 134 Å². The third-order valence-electron chi connectivity index (χ3n) is 2.94. The number of halogens is 2. The number of carboxylic acid groups (broad SMARTS) is 1. The van der Waals surface area contributed by atoms with Gasteiger partial charge in [0.2, 0.25) is 11.1 Å². The zero-order valence-electron chi connectivity index (χ0n) is 11.3. The standard InChI is InChI=1S/C14H12BrClN2O3/c1-7(2)9-6-18(17-12(13(9)19)14(20)21)8-3-4-11(16)10(15)5-8/h3-7H,1-2H3,(H,20,21). The molecule has 2 rings (SSSR count). The Morgan fingerprint density at radius 3 is 2.62 bits per heavy atom. The van der Waals surface area contributed by atoms with Crippen LogP contribution >= 0.6 is 27.5 Å². The quantitative estimate of drug-likeness (QED) is 0.896. The van der Waals surface area contributed by atoms with Crippen LogP contribution in [0.2, 0.25) is 5.02 Å². The molecule has 0 fully saturated rings. The van der Waals surface area contributed by atoms with Gasteiger partial charge in [0.1, 0.15) is 0 Å². The molecule has 0 aliphatic carbocycles.